The molecule has 2 atom stereocenters. The maximum Gasteiger partial charge on any atom is 0.407 e. The molecule has 0 spiro atoms. The summed E-state index contributed by atoms with van der Waals surface area (Å²) >= 11 is 0. The van der Waals surface area contributed by atoms with Gasteiger partial charge in [-0.25, -0.2) is 18.4 Å². The fourth-order valence-corrected chi connectivity index (χ4v) is 4.40. The third-order valence-corrected chi connectivity index (χ3v) is 6.17. The van der Waals surface area contributed by atoms with Crippen molar-refractivity contribution < 1.29 is 37.7 Å². The Morgan fingerprint density at radius 2 is 1.71 bits per heavy atom. The zero-order valence-electron chi connectivity index (χ0n) is 18.1. The van der Waals surface area contributed by atoms with Crippen molar-refractivity contribution in [2.45, 2.75) is 36.8 Å². The lowest BCUT2D eigenvalue weighted by molar-refractivity contribution is -0.147. The molecule has 8 nitrogen and oxygen atoms in total. The first-order valence-electron chi connectivity index (χ1n) is 10.8. The number of fused-ring (bicyclic) bond motifs is 3. The third kappa shape index (κ3) is 4.72. The first kappa shape index (κ1) is 23.6. The van der Waals surface area contributed by atoms with Crippen LogP contribution in [0.25, 0.3) is 11.1 Å². The lowest BCUT2D eigenvalue weighted by Gasteiger charge is -2.25. The molecule has 4 rings (SSSR count). The third-order valence-electron chi connectivity index (χ3n) is 6.17. The van der Waals surface area contributed by atoms with Gasteiger partial charge in [-0.1, -0.05) is 48.5 Å². The van der Waals surface area contributed by atoms with Crippen LogP contribution in [-0.4, -0.2) is 60.9 Å². The van der Waals surface area contributed by atoms with E-state index in [2.05, 4.69) is 5.32 Å². The van der Waals surface area contributed by atoms with Crippen LogP contribution < -0.4 is 10.6 Å². The number of ether oxygens (including phenoxy) is 2. The Kier molecular flexibility index (Phi) is 6.78. The zero-order chi connectivity index (χ0) is 24.3. The molecule has 10 heteroatoms. The number of nitrogens with one attached hydrogen (secondary N) is 2. The summed E-state index contributed by atoms with van der Waals surface area (Å²) in [5.74, 6) is -2.49. The monoisotopic (exact) mass is 474 g/mol. The maximum atomic E-state index is 13.5. The minimum Gasteiger partial charge on any atom is -0.479 e. The summed E-state index contributed by atoms with van der Waals surface area (Å²) < 4.78 is 37.4. The summed E-state index contributed by atoms with van der Waals surface area (Å²) in [6.45, 7) is -0.197. The molecule has 1 fully saturated rings. The van der Waals surface area contributed by atoms with E-state index in [9.17, 15) is 28.3 Å². The molecule has 1 heterocycles. The van der Waals surface area contributed by atoms with Crippen molar-refractivity contribution in [3.8, 4) is 11.1 Å². The number of halogens is 2. The molecule has 34 heavy (non-hydrogen) atoms. The van der Waals surface area contributed by atoms with Crippen molar-refractivity contribution in [2.24, 2.45) is 0 Å². The molecular formula is C24H24F2N2O6. The van der Waals surface area contributed by atoms with Gasteiger partial charge in [-0.15, -0.1) is 0 Å². The lowest BCUT2D eigenvalue weighted by Crippen LogP contribution is -2.56. The van der Waals surface area contributed by atoms with Crippen molar-refractivity contribution in [3.05, 3.63) is 59.7 Å². The van der Waals surface area contributed by atoms with E-state index in [1.807, 2.05) is 53.8 Å². The second-order valence-corrected chi connectivity index (χ2v) is 8.35. The smallest absolute Gasteiger partial charge is 0.407 e. The highest BCUT2D eigenvalue weighted by Gasteiger charge is 2.44. The molecule has 2 aromatic rings. The molecule has 180 valence electrons. The van der Waals surface area contributed by atoms with Gasteiger partial charge in [0.05, 0.1) is 13.0 Å². The Balaban J connectivity index is 1.37. The molecular weight excluding hydrogens is 450 g/mol. The Morgan fingerprint density at radius 1 is 1.09 bits per heavy atom. The molecule has 2 unspecified atom stereocenters. The van der Waals surface area contributed by atoms with Gasteiger partial charge in [-0.3, -0.25) is 4.79 Å². The summed E-state index contributed by atoms with van der Waals surface area (Å²) in [7, 11) is 0. The minimum absolute atomic E-state index is 0.0211. The topological polar surface area (TPSA) is 114 Å². The molecule has 0 bridgehead atoms. The molecule has 0 saturated carbocycles. The van der Waals surface area contributed by atoms with Crippen LogP contribution in [0.1, 0.15) is 29.9 Å². The van der Waals surface area contributed by atoms with Crippen LogP contribution in [-0.2, 0) is 19.1 Å². The quantitative estimate of drug-likeness (QED) is 0.542. The van der Waals surface area contributed by atoms with Crippen molar-refractivity contribution in [2.75, 3.05) is 19.8 Å². The lowest BCUT2D eigenvalue weighted by atomic mass is 9.98. The van der Waals surface area contributed by atoms with Gasteiger partial charge >= 0.3 is 12.1 Å². The molecule has 2 aromatic carbocycles. The molecule has 2 amide bonds. The predicted molar refractivity (Wildman–Crippen MR) is 117 cm³/mol. The summed E-state index contributed by atoms with van der Waals surface area (Å²) in [5, 5.41) is 13.7. The van der Waals surface area contributed by atoms with Gasteiger partial charge in [0.15, 0.2) is 5.54 Å². The highest BCUT2D eigenvalue weighted by molar-refractivity contribution is 5.88. The van der Waals surface area contributed by atoms with Gasteiger partial charge in [0.25, 0.3) is 6.43 Å². The van der Waals surface area contributed by atoms with Crippen LogP contribution in [0.3, 0.4) is 0 Å². The number of carboxylic acids is 1. The number of amides is 2. The zero-order valence-corrected chi connectivity index (χ0v) is 18.1. The van der Waals surface area contributed by atoms with Crippen LogP contribution in [0.4, 0.5) is 13.6 Å². The highest BCUT2D eigenvalue weighted by atomic mass is 19.3. The number of carboxylic acid groups (broad SMARTS) is 1. The van der Waals surface area contributed by atoms with E-state index in [4.69, 9.17) is 9.47 Å². The summed E-state index contributed by atoms with van der Waals surface area (Å²) in [6, 6.07) is 13.5. The van der Waals surface area contributed by atoms with Crippen molar-refractivity contribution in [1.82, 2.24) is 10.6 Å². The van der Waals surface area contributed by atoms with Crippen LogP contribution in [0.5, 0.6) is 0 Å². The number of hydrogen-bond acceptors (Lipinski definition) is 5. The summed E-state index contributed by atoms with van der Waals surface area (Å²) in [6.07, 6.45) is -4.94. The van der Waals surface area contributed by atoms with Crippen molar-refractivity contribution in [1.29, 1.82) is 0 Å². The number of rotatable bonds is 8. The van der Waals surface area contributed by atoms with E-state index in [0.717, 1.165) is 22.3 Å². The van der Waals surface area contributed by atoms with Gasteiger partial charge in [0.1, 0.15) is 12.6 Å². The Bertz CT molecular complexity index is 1040. The summed E-state index contributed by atoms with van der Waals surface area (Å²) in [4.78, 5) is 36.1. The van der Waals surface area contributed by atoms with Gasteiger partial charge in [0, 0.05) is 18.9 Å². The number of hydrogen-bond donors (Lipinski definition) is 3. The number of carbonyl (C=O) groups excluding carboxylic acids is 2. The number of benzene rings is 2. The number of alkyl halides is 2. The Labute approximate surface area is 194 Å². The second-order valence-electron chi connectivity index (χ2n) is 8.35. The van der Waals surface area contributed by atoms with Crippen LogP contribution in [0.2, 0.25) is 0 Å². The van der Waals surface area contributed by atoms with Gasteiger partial charge in [-0.2, -0.15) is 0 Å². The predicted octanol–water partition coefficient (Wildman–Crippen LogP) is 2.91. The molecule has 1 aliphatic heterocycles. The van der Waals surface area contributed by atoms with E-state index in [1.165, 1.54) is 0 Å². The highest BCUT2D eigenvalue weighted by Crippen LogP contribution is 2.44. The minimum atomic E-state index is -3.06. The van der Waals surface area contributed by atoms with E-state index >= 15 is 0 Å². The van der Waals surface area contributed by atoms with Gasteiger partial charge in [-0.05, 0) is 22.3 Å². The average molecular weight is 474 g/mol. The molecule has 1 aliphatic carbocycles. The molecule has 0 radical (unpaired) electrons. The molecule has 2 aliphatic rings. The van der Waals surface area contributed by atoms with Crippen molar-refractivity contribution in [3.63, 3.8) is 0 Å². The maximum absolute atomic E-state index is 13.5. The fraction of sp³-hybridized carbons (Fsp3) is 0.375. The largest absolute Gasteiger partial charge is 0.479 e. The van der Waals surface area contributed by atoms with E-state index in [1.54, 1.807) is 0 Å². The number of aliphatic carboxylic acids is 1. The van der Waals surface area contributed by atoms with Crippen LogP contribution in [0.15, 0.2) is 48.5 Å². The molecule has 3 N–H and O–H groups in total. The van der Waals surface area contributed by atoms with Crippen molar-refractivity contribution >= 4 is 18.0 Å². The van der Waals surface area contributed by atoms with Gasteiger partial charge in [0.2, 0.25) is 5.91 Å². The molecule has 1 saturated heterocycles. The number of alkyl carbamates (subject to hydrolysis) is 1. The first-order chi connectivity index (χ1) is 16.3. The first-order valence-corrected chi connectivity index (χ1v) is 10.8. The second kappa shape index (κ2) is 9.76. The van der Waals surface area contributed by atoms with E-state index in [-0.39, 0.29) is 32.2 Å². The Hall–Kier alpha value is -3.53. The molecule has 0 aromatic heterocycles. The standard InChI is InChI=1S/C24H24F2N2O6/c25-21(26)19(11-20(29)28-24(22(30)31)9-10-33-13-24)27-23(32)34-12-18-16-7-3-1-5-14(16)15-6-2-4-8-17(15)18/h1-8,18-19,21H,9-13H2,(H,27,32)(H,28,29)(H,30,31). The normalized spacial score (nSPS) is 19.9. The van der Waals surface area contributed by atoms with Crippen LogP contribution >= 0.6 is 0 Å². The van der Waals surface area contributed by atoms with E-state index < -0.39 is 42.4 Å². The van der Waals surface area contributed by atoms with Crippen LogP contribution in [0, 0.1) is 0 Å². The SMILES string of the molecule is O=C(CC(NC(=O)OCC1c2ccccc2-c2ccccc21)C(F)F)NC1(C(=O)O)CCOC1. The van der Waals surface area contributed by atoms with Gasteiger partial charge < -0.3 is 25.2 Å². The Morgan fingerprint density at radius 3 is 2.24 bits per heavy atom. The fourth-order valence-electron chi connectivity index (χ4n) is 4.40. The number of carbonyl (C=O) groups is 3. The average Bonchev–Trinajstić information content (AvgIpc) is 3.41. The van der Waals surface area contributed by atoms with E-state index in [0.29, 0.717) is 0 Å². The summed E-state index contributed by atoms with van der Waals surface area (Å²) in [5.41, 5.74) is 2.33.